The van der Waals surface area contributed by atoms with Crippen LogP contribution in [0.25, 0.3) is 10.9 Å². The lowest BCUT2D eigenvalue weighted by Crippen LogP contribution is -2.15. The second kappa shape index (κ2) is 5.09. The zero-order chi connectivity index (χ0) is 15.0. The van der Waals surface area contributed by atoms with Gasteiger partial charge in [0.25, 0.3) is 0 Å². The van der Waals surface area contributed by atoms with Gasteiger partial charge in [0.2, 0.25) is 5.91 Å². The van der Waals surface area contributed by atoms with Gasteiger partial charge >= 0.3 is 0 Å². The molecule has 2 heterocycles. The molecule has 0 saturated carbocycles. The number of aryl methyl sites for hydroxylation is 3. The van der Waals surface area contributed by atoms with E-state index in [-0.39, 0.29) is 12.3 Å². The average Bonchev–Trinajstić information content (AvgIpc) is 2.96. The molecule has 1 N–H and O–H groups in total. The van der Waals surface area contributed by atoms with Gasteiger partial charge in [0.05, 0.1) is 12.1 Å². The van der Waals surface area contributed by atoms with Crippen molar-refractivity contribution in [3.05, 3.63) is 47.5 Å². The third kappa shape index (κ3) is 2.54. The number of nitrogens with one attached hydrogen (secondary N) is 1. The van der Waals surface area contributed by atoms with Crippen LogP contribution in [0.15, 0.2) is 35.0 Å². The van der Waals surface area contributed by atoms with Crippen molar-refractivity contribution < 1.29 is 9.32 Å². The van der Waals surface area contributed by atoms with Crippen molar-refractivity contribution in [2.45, 2.75) is 20.3 Å². The molecular formula is C16H17N3O2. The standard InChI is InChI=1S/C16H17N3O2/c1-10-14(11(2)21-18-10)9-16(20)17-13-4-5-15-12(8-13)6-7-19(15)3/h4-8H,9H2,1-3H3,(H,17,20). The van der Waals surface area contributed by atoms with Crippen LogP contribution in [-0.4, -0.2) is 15.6 Å². The number of nitrogens with zero attached hydrogens (tertiary/aromatic N) is 2. The largest absolute Gasteiger partial charge is 0.361 e. The van der Waals surface area contributed by atoms with Gasteiger partial charge in [-0.05, 0) is 38.1 Å². The summed E-state index contributed by atoms with van der Waals surface area (Å²) >= 11 is 0. The van der Waals surface area contributed by atoms with E-state index in [1.54, 1.807) is 0 Å². The molecule has 1 amide bonds. The van der Waals surface area contributed by atoms with E-state index in [1.807, 2.05) is 55.9 Å². The first-order chi connectivity index (χ1) is 10.0. The summed E-state index contributed by atoms with van der Waals surface area (Å²) in [7, 11) is 2.00. The number of amides is 1. The van der Waals surface area contributed by atoms with E-state index in [9.17, 15) is 4.79 Å². The van der Waals surface area contributed by atoms with Crippen molar-refractivity contribution in [1.29, 1.82) is 0 Å². The summed E-state index contributed by atoms with van der Waals surface area (Å²) in [6.45, 7) is 3.66. The number of carbonyl (C=O) groups is 1. The number of fused-ring (bicyclic) bond motifs is 1. The first kappa shape index (κ1) is 13.4. The van der Waals surface area contributed by atoms with Crippen molar-refractivity contribution in [2.75, 3.05) is 5.32 Å². The van der Waals surface area contributed by atoms with E-state index in [0.717, 1.165) is 27.8 Å². The van der Waals surface area contributed by atoms with Gasteiger partial charge < -0.3 is 14.4 Å². The first-order valence-electron chi connectivity index (χ1n) is 6.81. The molecule has 0 aliphatic rings. The SMILES string of the molecule is Cc1noc(C)c1CC(=O)Nc1ccc2c(ccn2C)c1. The summed E-state index contributed by atoms with van der Waals surface area (Å²) in [6, 6.07) is 7.91. The molecular weight excluding hydrogens is 266 g/mol. The quantitative estimate of drug-likeness (QED) is 0.804. The van der Waals surface area contributed by atoms with E-state index in [0.29, 0.717) is 5.76 Å². The van der Waals surface area contributed by atoms with Crippen LogP contribution in [-0.2, 0) is 18.3 Å². The summed E-state index contributed by atoms with van der Waals surface area (Å²) in [5.41, 5.74) is 3.55. The van der Waals surface area contributed by atoms with Crippen LogP contribution in [0.4, 0.5) is 5.69 Å². The van der Waals surface area contributed by atoms with Crippen LogP contribution < -0.4 is 5.32 Å². The first-order valence-corrected chi connectivity index (χ1v) is 6.81. The fourth-order valence-corrected chi connectivity index (χ4v) is 2.48. The van der Waals surface area contributed by atoms with Gasteiger partial charge in [-0.2, -0.15) is 0 Å². The molecule has 0 unspecified atom stereocenters. The molecule has 0 radical (unpaired) electrons. The lowest BCUT2D eigenvalue weighted by molar-refractivity contribution is -0.115. The third-order valence-electron chi connectivity index (χ3n) is 3.69. The topological polar surface area (TPSA) is 60.1 Å². The average molecular weight is 283 g/mol. The predicted octanol–water partition coefficient (Wildman–Crippen LogP) is 2.96. The summed E-state index contributed by atoms with van der Waals surface area (Å²) in [5.74, 6) is 0.626. The molecule has 2 aromatic heterocycles. The number of anilines is 1. The van der Waals surface area contributed by atoms with Crippen LogP contribution in [0.2, 0.25) is 0 Å². The maximum atomic E-state index is 12.1. The number of hydrogen-bond acceptors (Lipinski definition) is 3. The van der Waals surface area contributed by atoms with Crippen LogP contribution >= 0.6 is 0 Å². The zero-order valence-electron chi connectivity index (χ0n) is 12.3. The monoisotopic (exact) mass is 283 g/mol. The molecule has 0 spiro atoms. The molecule has 0 saturated heterocycles. The van der Waals surface area contributed by atoms with E-state index >= 15 is 0 Å². The molecule has 1 aromatic carbocycles. The fourth-order valence-electron chi connectivity index (χ4n) is 2.48. The highest BCUT2D eigenvalue weighted by Gasteiger charge is 2.13. The van der Waals surface area contributed by atoms with Crippen LogP contribution in [0.1, 0.15) is 17.0 Å². The van der Waals surface area contributed by atoms with E-state index in [1.165, 1.54) is 0 Å². The minimum atomic E-state index is -0.0697. The molecule has 0 aliphatic heterocycles. The molecule has 0 aliphatic carbocycles. The molecule has 5 heteroatoms. The normalized spacial score (nSPS) is 11.0. The highest BCUT2D eigenvalue weighted by Crippen LogP contribution is 2.20. The number of hydrogen-bond donors (Lipinski definition) is 1. The van der Waals surface area contributed by atoms with E-state index in [2.05, 4.69) is 10.5 Å². The van der Waals surface area contributed by atoms with Gasteiger partial charge in [-0.1, -0.05) is 5.16 Å². The number of benzene rings is 1. The maximum Gasteiger partial charge on any atom is 0.228 e. The molecule has 108 valence electrons. The maximum absolute atomic E-state index is 12.1. The molecule has 21 heavy (non-hydrogen) atoms. The van der Waals surface area contributed by atoms with Gasteiger partial charge in [-0.15, -0.1) is 0 Å². The Kier molecular flexibility index (Phi) is 3.25. The molecule has 3 rings (SSSR count). The summed E-state index contributed by atoms with van der Waals surface area (Å²) < 4.78 is 7.12. The number of rotatable bonds is 3. The molecule has 0 bridgehead atoms. The Bertz CT molecular complexity index is 795. The number of aromatic nitrogens is 2. The summed E-state index contributed by atoms with van der Waals surface area (Å²) in [4.78, 5) is 12.1. The Hall–Kier alpha value is -2.56. The Morgan fingerprint density at radius 3 is 2.86 bits per heavy atom. The predicted molar refractivity (Wildman–Crippen MR) is 81.2 cm³/mol. The Morgan fingerprint density at radius 1 is 1.33 bits per heavy atom. The van der Waals surface area contributed by atoms with Crippen molar-refractivity contribution in [2.24, 2.45) is 7.05 Å². The highest BCUT2D eigenvalue weighted by molar-refractivity contribution is 5.95. The summed E-state index contributed by atoms with van der Waals surface area (Å²) in [5, 5.41) is 7.88. The Balaban J connectivity index is 1.77. The van der Waals surface area contributed by atoms with Gasteiger partial charge in [0.1, 0.15) is 5.76 Å². The molecule has 3 aromatic rings. The van der Waals surface area contributed by atoms with Crippen LogP contribution in [0.5, 0.6) is 0 Å². The van der Waals surface area contributed by atoms with Gasteiger partial charge in [0.15, 0.2) is 0 Å². The minimum Gasteiger partial charge on any atom is -0.361 e. The lowest BCUT2D eigenvalue weighted by atomic mass is 10.1. The second-order valence-electron chi connectivity index (χ2n) is 5.23. The molecule has 0 atom stereocenters. The Labute approximate surface area is 122 Å². The minimum absolute atomic E-state index is 0.0697. The molecule has 0 fully saturated rings. The van der Waals surface area contributed by atoms with Crippen molar-refractivity contribution in [3.63, 3.8) is 0 Å². The fraction of sp³-hybridized carbons (Fsp3) is 0.250. The summed E-state index contributed by atoms with van der Waals surface area (Å²) in [6.07, 6.45) is 2.27. The van der Waals surface area contributed by atoms with Gasteiger partial charge in [0, 0.05) is 35.4 Å². The molecule has 5 nitrogen and oxygen atoms in total. The van der Waals surface area contributed by atoms with Crippen molar-refractivity contribution in [1.82, 2.24) is 9.72 Å². The van der Waals surface area contributed by atoms with Gasteiger partial charge in [-0.3, -0.25) is 4.79 Å². The van der Waals surface area contributed by atoms with Crippen LogP contribution in [0.3, 0.4) is 0 Å². The smallest absolute Gasteiger partial charge is 0.228 e. The Morgan fingerprint density at radius 2 is 2.14 bits per heavy atom. The van der Waals surface area contributed by atoms with Gasteiger partial charge in [-0.25, -0.2) is 0 Å². The highest BCUT2D eigenvalue weighted by atomic mass is 16.5. The van der Waals surface area contributed by atoms with Crippen molar-refractivity contribution in [3.8, 4) is 0 Å². The zero-order valence-corrected chi connectivity index (χ0v) is 12.3. The number of carbonyl (C=O) groups excluding carboxylic acids is 1. The van der Waals surface area contributed by atoms with Crippen LogP contribution in [0, 0.1) is 13.8 Å². The van der Waals surface area contributed by atoms with E-state index < -0.39 is 0 Å². The lowest BCUT2D eigenvalue weighted by Gasteiger charge is -2.06. The third-order valence-corrected chi connectivity index (χ3v) is 3.69. The van der Waals surface area contributed by atoms with Crippen molar-refractivity contribution >= 4 is 22.5 Å². The second-order valence-corrected chi connectivity index (χ2v) is 5.23. The van der Waals surface area contributed by atoms with E-state index in [4.69, 9.17) is 4.52 Å².